The third-order valence-corrected chi connectivity index (χ3v) is 3.35. The Balaban J connectivity index is 2.42. The van der Waals surface area contributed by atoms with Crippen LogP contribution in [0.15, 0.2) is 28.0 Å². The summed E-state index contributed by atoms with van der Waals surface area (Å²) in [6.07, 6.45) is 0. The molecule has 0 saturated heterocycles. The fraction of sp³-hybridized carbons (Fsp3) is 0.222. The largest absolute Gasteiger partial charge is 0.324 e. The van der Waals surface area contributed by atoms with Crippen molar-refractivity contribution >= 4 is 36.0 Å². The maximum Gasteiger partial charge on any atom is 0.237 e. The van der Waals surface area contributed by atoms with Gasteiger partial charge in [0.1, 0.15) is 0 Å². The highest BCUT2D eigenvalue weighted by Gasteiger charge is 2.22. The van der Waals surface area contributed by atoms with E-state index in [0.29, 0.717) is 0 Å². The zero-order valence-electron chi connectivity index (χ0n) is 7.07. The van der Waals surface area contributed by atoms with Gasteiger partial charge in [-0.3, -0.25) is 4.79 Å². The molecule has 2 rings (SSSR count). The Hall–Kier alpha value is -0.610. The van der Waals surface area contributed by atoms with Crippen molar-refractivity contribution in [2.75, 3.05) is 5.32 Å². The number of carbonyl (C=O) groups excluding carboxylic acids is 1. The van der Waals surface area contributed by atoms with E-state index >= 15 is 0 Å². The van der Waals surface area contributed by atoms with Gasteiger partial charge in [-0.25, -0.2) is 0 Å². The molecule has 1 aromatic carbocycles. The number of anilines is 1. The fourth-order valence-electron chi connectivity index (χ4n) is 1.20. The number of nitrogens with one attached hydrogen (secondary N) is 1. The van der Waals surface area contributed by atoms with Gasteiger partial charge in [0, 0.05) is 9.79 Å². The van der Waals surface area contributed by atoms with E-state index < -0.39 is 0 Å². The van der Waals surface area contributed by atoms with Crippen LogP contribution in [0.1, 0.15) is 6.92 Å². The zero-order valence-corrected chi connectivity index (χ0v) is 8.78. The van der Waals surface area contributed by atoms with Crippen molar-refractivity contribution in [2.24, 2.45) is 0 Å². The maximum absolute atomic E-state index is 11.3. The molecule has 1 unspecified atom stereocenters. The monoisotopic (exact) mass is 211 g/mol. The van der Waals surface area contributed by atoms with Gasteiger partial charge in [-0.15, -0.1) is 24.4 Å². The minimum atomic E-state index is -0.00160. The molecule has 1 aliphatic rings. The van der Waals surface area contributed by atoms with E-state index in [1.165, 1.54) is 0 Å². The summed E-state index contributed by atoms with van der Waals surface area (Å²) in [6.45, 7) is 1.90. The lowest BCUT2D eigenvalue weighted by molar-refractivity contribution is -0.115. The first-order valence-electron chi connectivity index (χ1n) is 3.97. The Morgan fingerprint density at radius 3 is 3.08 bits per heavy atom. The Labute approximate surface area is 86.5 Å². The molecule has 1 heterocycles. The number of hydrogen-bond donors (Lipinski definition) is 2. The average molecular weight is 211 g/mol. The van der Waals surface area contributed by atoms with E-state index in [2.05, 4.69) is 17.9 Å². The first-order chi connectivity index (χ1) is 6.16. The lowest BCUT2D eigenvalue weighted by atomic mass is 10.3. The standard InChI is InChI=1S/C9H9NOS2/c1-5-9(11)10-7-4-6(12)2-3-8(7)13-5/h2-5,12H,1H3,(H,10,11). The summed E-state index contributed by atoms with van der Waals surface area (Å²) in [6, 6.07) is 5.78. The van der Waals surface area contributed by atoms with Crippen LogP contribution in [0.3, 0.4) is 0 Å². The molecule has 0 aliphatic carbocycles. The van der Waals surface area contributed by atoms with E-state index in [1.54, 1.807) is 11.8 Å². The van der Waals surface area contributed by atoms with Gasteiger partial charge in [0.05, 0.1) is 10.9 Å². The quantitative estimate of drug-likeness (QED) is 0.645. The molecule has 4 heteroatoms. The van der Waals surface area contributed by atoms with Gasteiger partial charge in [0.2, 0.25) is 5.91 Å². The van der Waals surface area contributed by atoms with Crippen molar-refractivity contribution < 1.29 is 4.79 Å². The molecular weight excluding hydrogens is 202 g/mol. The van der Waals surface area contributed by atoms with Gasteiger partial charge in [-0.1, -0.05) is 0 Å². The van der Waals surface area contributed by atoms with E-state index in [-0.39, 0.29) is 11.2 Å². The molecule has 0 bridgehead atoms. The molecule has 0 fully saturated rings. The minimum absolute atomic E-state index is 0.00160. The summed E-state index contributed by atoms with van der Waals surface area (Å²) >= 11 is 5.79. The van der Waals surface area contributed by atoms with E-state index in [9.17, 15) is 4.79 Å². The second-order valence-electron chi connectivity index (χ2n) is 2.93. The zero-order chi connectivity index (χ0) is 9.42. The van der Waals surface area contributed by atoms with Gasteiger partial charge < -0.3 is 5.32 Å². The van der Waals surface area contributed by atoms with E-state index in [0.717, 1.165) is 15.5 Å². The van der Waals surface area contributed by atoms with Crippen LogP contribution in [0.5, 0.6) is 0 Å². The molecule has 0 saturated carbocycles. The Morgan fingerprint density at radius 2 is 2.31 bits per heavy atom. The third-order valence-electron chi connectivity index (χ3n) is 1.89. The van der Waals surface area contributed by atoms with E-state index in [1.807, 2.05) is 25.1 Å². The predicted octanol–water partition coefficient (Wildman–Crippen LogP) is 2.41. The van der Waals surface area contributed by atoms with Gasteiger partial charge in [-0.2, -0.15) is 0 Å². The van der Waals surface area contributed by atoms with E-state index in [4.69, 9.17) is 0 Å². The number of thioether (sulfide) groups is 1. The van der Waals surface area contributed by atoms with Crippen molar-refractivity contribution in [1.29, 1.82) is 0 Å². The number of amides is 1. The first kappa shape index (κ1) is 8.97. The average Bonchev–Trinajstić information content (AvgIpc) is 2.08. The molecule has 13 heavy (non-hydrogen) atoms. The minimum Gasteiger partial charge on any atom is -0.324 e. The van der Waals surface area contributed by atoms with Crippen LogP contribution in [0.25, 0.3) is 0 Å². The van der Waals surface area contributed by atoms with Gasteiger partial charge >= 0.3 is 0 Å². The summed E-state index contributed by atoms with van der Waals surface area (Å²) in [5, 5.41) is 2.84. The van der Waals surface area contributed by atoms with Crippen molar-refractivity contribution in [3.8, 4) is 0 Å². The Morgan fingerprint density at radius 1 is 1.54 bits per heavy atom. The number of thiol groups is 1. The Bertz CT molecular complexity index is 365. The lowest BCUT2D eigenvalue weighted by Crippen LogP contribution is -2.26. The fourth-order valence-corrected chi connectivity index (χ4v) is 2.33. The van der Waals surface area contributed by atoms with Crippen LogP contribution in [-0.4, -0.2) is 11.2 Å². The molecule has 0 aromatic heterocycles. The number of hydrogen-bond acceptors (Lipinski definition) is 3. The van der Waals surface area contributed by atoms with Crippen LogP contribution in [0.4, 0.5) is 5.69 Å². The van der Waals surface area contributed by atoms with Crippen molar-refractivity contribution in [2.45, 2.75) is 22.0 Å². The highest BCUT2D eigenvalue weighted by molar-refractivity contribution is 8.01. The molecule has 1 aromatic rings. The number of benzene rings is 1. The molecule has 2 nitrogen and oxygen atoms in total. The second kappa shape index (κ2) is 3.27. The second-order valence-corrected chi connectivity index (χ2v) is 4.83. The summed E-state index contributed by atoms with van der Waals surface area (Å²) in [4.78, 5) is 13.3. The Kier molecular flexibility index (Phi) is 2.26. The number of carbonyl (C=O) groups is 1. The maximum atomic E-state index is 11.3. The molecule has 1 atom stereocenters. The topological polar surface area (TPSA) is 29.1 Å². The lowest BCUT2D eigenvalue weighted by Gasteiger charge is -2.21. The molecule has 1 amide bonds. The van der Waals surface area contributed by atoms with Crippen molar-refractivity contribution in [3.63, 3.8) is 0 Å². The van der Waals surface area contributed by atoms with Crippen molar-refractivity contribution in [3.05, 3.63) is 18.2 Å². The first-order valence-corrected chi connectivity index (χ1v) is 5.30. The predicted molar refractivity (Wildman–Crippen MR) is 57.6 cm³/mol. The summed E-state index contributed by atoms with van der Waals surface area (Å²) in [7, 11) is 0. The van der Waals surface area contributed by atoms with Gasteiger partial charge in [0.15, 0.2) is 0 Å². The normalized spacial score (nSPS) is 20.8. The molecule has 1 N–H and O–H groups in total. The van der Waals surface area contributed by atoms with Crippen LogP contribution in [0.2, 0.25) is 0 Å². The SMILES string of the molecule is CC1Sc2ccc(S)cc2NC1=O. The number of rotatable bonds is 0. The molecule has 0 radical (unpaired) electrons. The van der Waals surface area contributed by atoms with Crippen molar-refractivity contribution in [1.82, 2.24) is 0 Å². The summed E-state index contributed by atoms with van der Waals surface area (Å²) in [5.41, 5.74) is 0.876. The van der Waals surface area contributed by atoms with Crippen LogP contribution >= 0.6 is 24.4 Å². The van der Waals surface area contributed by atoms with Gasteiger partial charge in [0.25, 0.3) is 0 Å². The van der Waals surface area contributed by atoms with Crippen LogP contribution in [-0.2, 0) is 4.79 Å². The molecule has 68 valence electrons. The van der Waals surface area contributed by atoms with Gasteiger partial charge in [-0.05, 0) is 25.1 Å². The third kappa shape index (κ3) is 1.69. The van der Waals surface area contributed by atoms with Crippen LogP contribution < -0.4 is 5.32 Å². The molecule has 0 spiro atoms. The number of fused-ring (bicyclic) bond motifs is 1. The highest BCUT2D eigenvalue weighted by Crippen LogP contribution is 2.36. The highest BCUT2D eigenvalue weighted by atomic mass is 32.2. The summed E-state index contributed by atoms with van der Waals surface area (Å²) < 4.78 is 0. The summed E-state index contributed by atoms with van der Waals surface area (Å²) in [5.74, 6) is 0.0661. The molecular formula is C9H9NOS2. The van der Waals surface area contributed by atoms with Crippen LogP contribution in [0, 0.1) is 0 Å². The smallest absolute Gasteiger partial charge is 0.237 e. The molecule has 1 aliphatic heterocycles.